The highest BCUT2D eigenvalue weighted by atomic mass is 28.4. The molecule has 0 bridgehead atoms. The van der Waals surface area contributed by atoms with Crippen LogP contribution in [0.25, 0.3) is 0 Å². The van der Waals surface area contributed by atoms with Crippen LogP contribution in [0.15, 0.2) is 0 Å². The summed E-state index contributed by atoms with van der Waals surface area (Å²) in [5.41, 5.74) is 0. The van der Waals surface area contributed by atoms with Gasteiger partial charge >= 0.3 is 0 Å². The van der Waals surface area contributed by atoms with Gasteiger partial charge in [0.1, 0.15) is 0 Å². The molecule has 0 aromatic carbocycles. The second kappa shape index (κ2) is 2.40. The van der Waals surface area contributed by atoms with Crippen LogP contribution in [0.4, 0.5) is 0 Å². The zero-order valence-electron chi connectivity index (χ0n) is 6.31. The molecule has 0 radical (unpaired) electrons. The third kappa shape index (κ3) is 3.67. The molecule has 0 saturated heterocycles. The van der Waals surface area contributed by atoms with Gasteiger partial charge in [0.05, 0.1) is 6.10 Å². The minimum Gasteiger partial charge on any atom is -0.287 e. The van der Waals surface area contributed by atoms with E-state index in [-0.39, 0.29) is 0 Å². The Hall–Kier alpha value is 0.137. The first kappa shape index (κ1) is 7.25. The van der Waals surface area contributed by atoms with Crippen LogP contribution in [0.3, 0.4) is 0 Å². The van der Waals surface area contributed by atoms with Crippen LogP contribution in [-0.2, 0) is 9.46 Å². The molecule has 1 fully saturated rings. The first-order valence-electron chi connectivity index (χ1n) is 3.42. The molecule has 0 aromatic heterocycles. The van der Waals surface area contributed by atoms with E-state index in [0.717, 1.165) is 0 Å². The van der Waals surface area contributed by atoms with Crippen LogP contribution in [0.5, 0.6) is 0 Å². The number of hydrogen-bond acceptors (Lipinski definition) is 2. The number of rotatable bonds is 3. The molecule has 0 atom stereocenters. The van der Waals surface area contributed by atoms with Crippen molar-refractivity contribution in [1.82, 2.24) is 0 Å². The van der Waals surface area contributed by atoms with E-state index >= 15 is 0 Å². The average Bonchev–Trinajstić information content (AvgIpc) is 2.38. The normalized spacial score (nSPS) is 20.3. The molecule has 0 aliphatic heterocycles. The van der Waals surface area contributed by atoms with Crippen molar-refractivity contribution in [3.05, 3.63) is 0 Å². The van der Waals surface area contributed by atoms with Crippen molar-refractivity contribution in [3.8, 4) is 0 Å². The Labute approximate surface area is 57.2 Å². The Balaban J connectivity index is 2.03. The summed E-state index contributed by atoms with van der Waals surface area (Å²) in [4.78, 5) is 5.08. The van der Waals surface area contributed by atoms with Gasteiger partial charge in [0.2, 0.25) is 8.32 Å². The van der Waals surface area contributed by atoms with Crippen molar-refractivity contribution in [2.75, 3.05) is 0 Å². The van der Waals surface area contributed by atoms with E-state index in [2.05, 4.69) is 19.6 Å². The maximum atomic E-state index is 5.19. The van der Waals surface area contributed by atoms with Gasteiger partial charge in [0, 0.05) is 0 Å². The van der Waals surface area contributed by atoms with Crippen molar-refractivity contribution in [2.24, 2.45) is 0 Å². The molecule has 0 aromatic rings. The molecule has 1 aliphatic carbocycles. The standard InChI is InChI=1S/C6H14O2Si/c1-9(2,3)8-7-6-4-5-6/h6H,4-5H2,1-3H3. The third-order valence-corrected chi connectivity index (χ3v) is 1.55. The fourth-order valence-corrected chi connectivity index (χ4v) is 0.801. The first-order valence-corrected chi connectivity index (χ1v) is 6.83. The van der Waals surface area contributed by atoms with Crippen LogP contribution in [-0.4, -0.2) is 14.4 Å². The fraction of sp³-hybridized carbons (Fsp3) is 1.00. The Bertz CT molecular complexity index is 93.7. The summed E-state index contributed by atoms with van der Waals surface area (Å²) >= 11 is 0. The summed E-state index contributed by atoms with van der Waals surface area (Å²) in [6, 6.07) is 0. The van der Waals surface area contributed by atoms with E-state index < -0.39 is 8.32 Å². The predicted octanol–water partition coefficient (Wildman–Crippen LogP) is 1.93. The van der Waals surface area contributed by atoms with Gasteiger partial charge < -0.3 is 0 Å². The molecule has 0 heterocycles. The third-order valence-electron chi connectivity index (χ3n) is 0.959. The minimum absolute atomic E-state index is 0.428. The molecule has 0 spiro atoms. The molecule has 0 unspecified atom stereocenters. The van der Waals surface area contributed by atoms with Gasteiger partial charge in [-0.2, -0.15) is 0 Å². The SMILES string of the molecule is C[Si](C)(C)OOC1CC1. The maximum Gasteiger partial charge on any atom is 0.230 e. The highest BCUT2D eigenvalue weighted by molar-refractivity contribution is 6.69. The van der Waals surface area contributed by atoms with Crippen molar-refractivity contribution in [2.45, 2.75) is 38.6 Å². The lowest BCUT2D eigenvalue weighted by molar-refractivity contribution is -0.227. The van der Waals surface area contributed by atoms with Gasteiger partial charge in [-0.3, -0.25) is 4.58 Å². The molecule has 9 heavy (non-hydrogen) atoms. The topological polar surface area (TPSA) is 18.5 Å². The van der Waals surface area contributed by atoms with Crippen LogP contribution in [0, 0.1) is 0 Å². The van der Waals surface area contributed by atoms with Crippen molar-refractivity contribution < 1.29 is 9.46 Å². The summed E-state index contributed by atoms with van der Waals surface area (Å²) < 4.78 is 5.19. The highest BCUT2D eigenvalue weighted by Crippen LogP contribution is 2.24. The smallest absolute Gasteiger partial charge is 0.230 e. The molecule has 1 aliphatic rings. The molecule has 2 nitrogen and oxygen atoms in total. The van der Waals surface area contributed by atoms with Gasteiger partial charge in [0.25, 0.3) is 0 Å². The lowest BCUT2D eigenvalue weighted by atomic mass is 10.9. The maximum absolute atomic E-state index is 5.19. The largest absolute Gasteiger partial charge is 0.287 e. The summed E-state index contributed by atoms with van der Waals surface area (Å²) in [5, 5.41) is 0. The lowest BCUT2D eigenvalue weighted by Gasteiger charge is -2.14. The van der Waals surface area contributed by atoms with Crippen LogP contribution < -0.4 is 0 Å². The minimum atomic E-state index is -1.40. The van der Waals surface area contributed by atoms with Crippen molar-refractivity contribution in [3.63, 3.8) is 0 Å². The quantitative estimate of drug-likeness (QED) is 0.344. The predicted molar refractivity (Wildman–Crippen MR) is 38.5 cm³/mol. The molecule has 54 valence electrons. The van der Waals surface area contributed by atoms with E-state index in [4.69, 9.17) is 9.46 Å². The highest BCUT2D eigenvalue weighted by Gasteiger charge is 2.26. The zero-order chi connectivity index (χ0) is 6.91. The Morgan fingerprint density at radius 2 is 1.78 bits per heavy atom. The average molecular weight is 146 g/mol. The van der Waals surface area contributed by atoms with Gasteiger partial charge in [-0.05, 0) is 32.5 Å². The molecular formula is C6H14O2Si. The lowest BCUT2D eigenvalue weighted by Crippen LogP contribution is -2.25. The van der Waals surface area contributed by atoms with Gasteiger partial charge in [-0.15, -0.1) is 0 Å². The van der Waals surface area contributed by atoms with Gasteiger partial charge in [-0.25, -0.2) is 4.89 Å². The van der Waals surface area contributed by atoms with Crippen LogP contribution >= 0.6 is 0 Å². The fourth-order valence-electron chi connectivity index (χ4n) is 0.377. The van der Waals surface area contributed by atoms with E-state index in [1.165, 1.54) is 12.8 Å². The monoisotopic (exact) mass is 146 g/mol. The van der Waals surface area contributed by atoms with Crippen LogP contribution in [0.1, 0.15) is 12.8 Å². The summed E-state index contributed by atoms with van der Waals surface area (Å²) in [6.45, 7) is 6.36. The molecular weight excluding hydrogens is 132 g/mol. The summed E-state index contributed by atoms with van der Waals surface area (Å²) in [5.74, 6) is 0. The number of hydrogen-bond donors (Lipinski definition) is 0. The van der Waals surface area contributed by atoms with E-state index in [1.807, 2.05) is 0 Å². The molecule has 1 rings (SSSR count). The van der Waals surface area contributed by atoms with E-state index in [9.17, 15) is 0 Å². The Morgan fingerprint density at radius 1 is 1.22 bits per heavy atom. The molecule has 0 N–H and O–H groups in total. The van der Waals surface area contributed by atoms with E-state index in [0.29, 0.717) is 6.10 Å². The summed E-state index contributed by atoms with van der Waals surface area (Å²) in [6.07, 6.45) is 2.80. The zero-order valence-corrected chi connectivity index (χ0v) is 7.31. The molecule has 1 saturated carbocycles. The van der Waals surface area contributed by atoms with Crippen molar-refractivity contribution >= 4 is 8.32 Å². The second-order valence-electron chi connectivity index (χ2n) is 3.49. The van der Waals surface area contributed by atoms with Gasteiger partial charge in [0.15, 0.2) is 0 Å². The van der Waals surface area contributed by atoms with Crippen molar-refractivity contribution in [1.29, 1.82) is 0 Å². The molecule has 3 heteroatoms. The summed E-state index contributed by atoms with van der Waals surface area (Å²) in [7, 11) is -1.40. The Kier molecular flexibility index (Phi) is 1.93. The first-order chi connectivity index (χ1) is 4.08. The van der Waals surface area contributed by atoms with E-state index in [1.54, 1.807) is 0 Å². The second-order valence-corrected chi connectivity index (χ2v) is 7.88. The van der Waals surface area contributed by atoms with Gasteiger partial charge in [-0.1, -0.05) is 0 Å². The molecule has 0 amide bonds. The van der Waals surface area contributed by atoms with Crippen LogP contribution in [0.2, 0.25) is 19.6 Å². The Morgan fingerprint density at radius 3 is 2.11 bits per heavy atom.